The Labute approximate surface area is 144 Å². The van der Waals surface area contributed by atoms with Crippen LogP contribution in [-0.4, -0.2) is 37.1 Å². The molecule has 1 amide bonds. The van der Waals surface area contributed by atoms with Crippen molar-refractivity contribution in [2.45, 2.75) is 6.61 Å². The maximum atomic E-state index is 12.5. The number of hydrogen-bond acceptors (Lipinski definition) is 3. The molecule has 0 radical (unpaired) electrons. The van der Waals surface area contributed by atoms with Crippen molar-refractivity contribution in [1.29, 1.82) is 0 Å². The van der Waals surface area contributed by atoms with Crippen LogP contribution in [0.4, 0.5) is 0 Å². The molecule has 2 aromatic carbocycles. The van der Waals surface area contributed by atoms with Gasteiger partial charge in [0.05, 0.1) is 17.7 Å². The Hall–Kier alpha value is -1.85. The molecule has 1 aliphatic rings. The average molecular weight is 376 g/mol. The molecule has 0 aliphatic carbocycles. The lowest BCUT2D eigenvalue weighted by molar-refractivity contribution is 0.0303. The van der Waals surface area contributed by atoms with Crippen LogP contribution in [0.15, 0.2) is 53.0 Å². The monoisotopic (exact) mass is 375 g/mol. The second-order valence-electron chi connectivity index (χ2n) is 5.32. The molecular formula is C18H18BrNO3. The van der Waals surface area contributed by atoms with Crippen LogP contribution in [0, 0.1) is 0 Å². The number of nitrogens with zero attached hydrogens (tertiary/aromatic N) is 1. The molecule has 3 rings (SSSR count). The van der Waals surface area contributed by atoms with Gasteiger partial charge in [0, 0.05) is 18.7 Å². The van der Waals surface area contributed by atoms with E-state index in [1.54, 1.807) is 0 Å². The average Bonchev–Trinajstić information content (AvgIpc) is 2.61. The van der Waals surface area contributed by atoms with Gasteiger partial charge in [-0.15, -0.1) is 0 Å². The number of carbonyl (C=O) groups excluding carboxylic acids is 1. The third-order valence-corrected chi connectivity index (χ3v) is 4.33. The summed E-state index contributed by atoms with van der Waals surface area (Å²) in [6.07, 6.45) is 0. The van der Waals surface area contributed by atoms with E-state index in [-0.39, 0.29) is 5.91 Å². The predicted octanol–water partition coefficient (Wildman–Crippen LogP) is 3.50. The fraction of sp³-hybridized carbons (Fsp3) is 0.278. The highest BCUT2D eigenvalue weighted by Gasteiger charge is 2.19. The van der Waals surface area contributed by atoms with E-state index in [0.717, 1.165) is 15.8 Å². The highest BCUT2D eigenvalue weighted by molar-refractivity contribution is 9.10. The Balaban J connectivity index is 1.66. The lowest BCUT2D eigenvalue weighted by Gasteiger charge is -2.27. The Bertz CT molecular complexity index is 669. The zero-order valence-corrected chi connectivity index (χ0v) is 14.3. The molecule has 4 nitrogen and oxygen atoms in total. The molecule has 0 unspecified atom stereocenters. The molecule has 1 fully saturated rings. The van der Waals surface area contributed by atoms with Crippen LogP contribution in [0.5, 0.6) is 5.75 Å². The van der Waals surface area contributed by atoms with E-state index in [9.17, 15) is 4.79 Å². The van der Waals surface area contributed by atoms with Gasteiger partial charge in [0.25, 0.3) is 5.91 Å². The minimum absolute atomic E-state index is 0.0311. The SMILES string of the molecule is O=C(c1ccc(OCc2ccccc2)c(Br)c1)N1CCOCC1. The van der Waals surface area contributed by atoms with E-state index in [0.29, 0.717) is 38.5 Å². The second-order valence-corrected chi connectivity index (χ2v) is 6.18. The summed E-state index contributed by atoms with van der Waals surface area (Å²) in [4.78, 5) is 14.3. The summed E-state index contributed by atoms with van der Waals surface area (Å²) >= 11 is 3.49. The van der Waals surface area contributed by atoms with Crippen LogP contribution in [0.3, 0.4) is 0 Å². The molecular weight excluding hydrogens is 358 g/mol. The molecule has 2 aromatic rings. The number of amides is 1. The number of carbonyl (C=O) groups is 1. The van der Waals surface area contributed by atoms with Gasteiger partial charge in [0.2, 0.25) is 0 Å². The Morgan fingerprint density at radius 2 is 1.87 bits per heavy atom. The summed E-state index contributed by atoms with van der Waals surface area (Å²) in [6, 6.07) is 15.4. The molecule has 1 saturated heterocycles. The smallest absolute Gasteiger partial charge is 0.254 e. The molecule has 5 heteroatoms. The van der Waals surface area contributed by atoms with Crippen LogP contribution in [0.1, 0.15) is 15.9 Å². The lowest BCUT2D eigenvalue weighted by Crippen LogP contribution is -2.40. The van der Waals surface area contributed by atoms with Crippen LogP contribution in [-0.2, 0) is 11.3 Å². The van der Waals surface area contributed by atoms with Crippen LogP contribution in [0.2, 0.25) is 0 Å². The maximum Gasteiger partial charge on any atom is 0.254 e. The minimum Gasteiger partial charge on any atom is -0.488 e. The van der Waals surface area contributed by atoms with E-state index in [4.69, 9.17) is 9.47 Å². The van der Waals surface area contributed by atoms with Gasteiger partial charge in [-0.05, 0) is 39.7 Å². The highest BCUT2D eigenvalue weighted by Crippen LogP contribution is 2.27. The van der Waals surface area contributed by atoms with E-state index in [1.165, 1.54) is 0 Å². The molecule has 0 bridgehead atoms. The molecule has 0 saturated carbocycles. The van der Waals surface area contributed by atoms with Crippen LogP contribution in [0.25, 0.3) is 0 Å². The predicted molar refractivity (Wildman–Crippen MR) is 91.6 cm³/mol. The molecule has 23 heavy (non-hydrogen) atoms. The van der Waals surface area contributed by atoms with Gasteiger partial charge < -0.3 is 14.4 Å². The number of morpholine rings is 1. The largest absolute Gasteiger partial charge is 0.488 e. The number of benzene rings is 2. The maximum absolute atomic E-state index is 12.5. The van der Waals surface area contributed by atoms with Crippen LogP contribution >= 0.6 is 15.9 Å². The van der Waals surface area contributed by atoms with Gasteiger partial charge in [-0.1, -0.05) is 30.3 Å². The first-order chi connectivity index (χ1) is 11.2. The summed E-state index contributed by atoms with van der Waals surface area (Å²) in [7, 11) is 0. The topological polar surface area (TPSA) is 38.8 Å². The van der Waals surface area contributed by atoms with E-state index in [2.05, 4.69) is 15.9 Å². The van der Waals surface area contributed by atoms with Gasteiger partial charge >= 0.3 is 0 Å². The Morgan fingerprint density at radius 1 is 1.13 bits per heavy atom. The standard InChI is InChI=1S/C18H18BrNO3/c19-16-12-15(18(21)20-8-10-22-11-9-20)6-7-17(16)23-13-14-4-2-1-3-5-14/h1-7,12H,8-11,13H2. The van der Waals surface area contributed by atoms with Gasteiger partial charge in [-0.3, -0.25) is 4.79 Å². The third kappa shape index (κ3) is 4.12. The summed E-state index contributed by atoms with van der Waals surface area (Å²) in [6.45, 7) is 2.98. The van der Waals surface area contributed by atoms with Gasteiger partial charge in [-0.25, -0.2) is 0 Å². The van der Waals surface area contributed by atoms with E-state index in [1.807, 2.05) is 53.4 Å². The van der Waals surface area contributed by atoms with Gasteiger partial charge in [0.15, 0.2) is 0 Å². The summed E-state index contributed by atoms with van der Waals surface area (Å²) in [5.41, 5.74) is 1.76. The molecule has 0 aromatic heterocycles. The van der Waals surface area contributed by atoms with Crippen molar-refractivity contribution in [2.24, 2.45) is 0 Å². The summed E-state index contributed by atoms with van der Waals surface area (Å²) in [5, 5.41) is 0. The zero-order valence-electron chi connectivity index (χ0n) is 12.7. The summed E-state index contributed by atoms with van der Waals surface area (Å²) < 4.78 is 11.9. The number of ether oxygens (including phenoxy) is 2. The van der Waals surface area contributed by atoms with Crippen molar-refractivity contribution in [1.82, 2.24) is 4.90 Å². The number of rotatable bonds is 4. The Kier molecular flexibility index (Phi) is 5.31. The molecule has 120 valence electrons. The molecule has 0 atom stereocenters. The number of halogens is 1. The normalized spacial score (nSPS) is 14.6. The summed E-state index contributed by atoms with van der Waals surface area (Å²) in [5.74, 6) is 0.760. The Morgan fingerprint density at radius 3 is 2.57 bits per heavy atom. The van der Waals surface area contributed by atoms with Gasteiger partial charge in [0.1, 0.15) is 12.4 Å². The van der Waals surface area contributed by atoms with Gasteiger partial charge in [-0.2, -0.15) is 0 Å². The second kappa shape index (κ2) is 7.62. The van der Waals surface area contributed by atoms with Crippen molar-refractivity contribution in [2.75, 3.05) is 26.3 Å². The van der Waals surface area contributed by atoms with E-state index < -0.39 is 0 Å². The van der Waals surface area contributed by atoms with Crippen LogP contribution < -0.4 is 4.74 Å². The highest BCUT2D eigenvalue weighted by atomic mass is 79.9. The van der Waals surface area contributed by atoms with Crippen molar-refractivity contribution in [3.63, 3.8) is 0 Å². The molecule has 1 heterocycles. The molecule has 0 N–H and O–H groups in total. The minimum atomic E-state index is 0.0311. The quantitative estimate of drug-likeness (QED) is 0.820. The fourth-order valence-corrected chi connectivity index (χ4v) is 2.93. The first kappa shape index (κ1) is 16.0. The van der Waals surface area contributed by atoms with Crippen molar-refractivity contribution in [3.05, 3.63) is 64.1 Å². The molecule has 0 spiro atoms. The third-order valence-electron chi connectivity index (χ3n) is 3.71. The van der Waals surface area contributed by atoms with Crippen molar-refractivity contribution < 1.29 is 14.3 Å². The van der Waals surface area contributed by atoms with E-state index >= 15 is 0 Å². The zero-order chi connectivity index (χ0) is 16.1. The molecule has 1 aliphatic heterocycles. The number of hydrogen-bond donors (Lipinski definition) is 0. The lowest BCUT2D eigenvalue weighted by atomic mass is 10.2. The fourth-order valence-electron chi connectivity index (χ4n) is 2.44. The van der Waals surface area contributed by atoms with Crippen molar-refractivity contribution >= 4 is 21.8 Å². The first-order valence-electron chi connectivity index (χ1n) is 7.57. The van der Waals surface area contributed by atoms with Crippen molar-refractivity contribution in [3.8, 4) is 5.75 Å². The first-order valence-corrected chi connectivity index (χ1v) is 8.36.